The van der Waals surface area contributed by atoms with Crippen LogP contribution in [0.3, 0.4) is 0 Å². The summed E-state index contributed by atoms with van der Waals surface area (Å²) in [6, 6.07) is 5.74. The van der Waals surface area contributed by atoms with Crippen LogP contribution in [0, 0.1) is 0 Å². The zero-order valence-corrected chi connectivity index (χ0v) is 11.8. The molecule has 0 fully saturated rings. The largest absolute Gasteiger partial charge is 0.437 e. The highest BCUT2D eigenvalue weighted by Crippen LogP contribution is 2.35. The van der Waals surface area contributed by atoms with E-state index >= 15 is 0 Å². The lowest BCUT2D eigenvalue weighted by Crippen LogP contribution is -2.05. The van der Waals surface area contributed by atoms with Crippen molar-refractivity contribution in [3.05, 3.63) is 51.1 Å². The summed E-state index contributed by atoms with van der Waals surface area (Å²) in [6.07, 6.45) is -4.55. The number of halogens is 6. The van der Waals surface area contributed by atoms with Crippen LogP contribution in [0.1, 0.15) is 5.56 Å². The van der Waals surface area contributed by atoms with E-state index in [1.807, 2.05) is 0 Å². The second kappa shape index (κ2) is 5.68. The van der Waals surface area contributed by atoms with Crippen molar-refractivity contribution in [3.63, 3.8) is 0 Å². The van der Waals surface area contributed by atoms with Crippen molar-refractivity contribution in [3.8, 4) is 11.6 Å². The van der Waals surface area contributed by atoms with E-state index in [1.165, 1.54) is 18.2 Å². The highest BCUT2D eigenvalue weighted by Gasteiger charge is 2.32. The Morgan fingerprint density at radius 3 is 2.30 bits per heavy atom. The lowest BCUT2D eigenvalue weighted by atomic mass is 10.2. The average Bonchev–Trinajstić information content (AvgIpc) is 2.31. The topological polar surface area (TPSA) is 22.1 Å². The van der Waals surface area contributed by atoms with Gasteiger partial charge in [-0.2, -0.15) is 13.2 Å². The number of hydrogen-bond acceptors (Lipinski definition) is 2. The fourth-order valence-electron chi connectivity index (χ4n) is 1.36. The summed E-state index contributed by atoms with van der Waals surface area (Å²) >= 11 is 17.1. The molecular formula is C12H5Cl3F3NO. The maximum atomic E-state index is 12.6. The zero-order valence-electron chi connectivity index (χ0n) is 9.51. The van der Waals surface area contributed by atoms with Gasteiger partial charge in [0.15, 0.2) is 0 Å². The van der Waals surface area contributed by atoms with E-state index in [0.717, 1.165) is 6.07 Å². The molecular weight excluding hydrogens is 337 g/mol. The molecule has 8 heteroatoms. The molecule has 0 N–H and O–H groups in total. The Kier molecular flexibility index (Phi) is 4.32. The van der Waals surface area contributed by atoms with Gasteiger partial charge in [-0.3, -0.25) is 0 Å². The molecule has 0 aliphatic rings. The van der Waals surface area contributed by atoms with E-state index < -0.39 is 11.7 Å². The summed E-state index contributed by atoms with van der Waals surface area (Å²) in [4.78, 5) is 3.66. The molecule has 0 saturated heterocycles. The van der Waals surface area contributed by atoms with Gasteiger partial charge in [-0.1, -0.05) is 34.8 Å². The third-order valence-corrected chi connectivity index (χ3v) is 2.93. The first kappa shape index (κ1) is 15.2. The second-order valence-corrected chi connectivity index (χ2v) is 4.92. The van der Waals surface area contributed by atoms with Gasteiger partial charge < -0.3 is 4.74 Å². The van der Waals surface area contributed by atoms with E-state index in [1.54, 1.807) is 0 Å². The molecule has 106 valence electrons. The standard InChI is InChI=1S/C12H5Cl3F3NO/c13-7-1-2-9(8(14)5-7)20-11-4-6(12(16,17)18)3-10(15)19-11/h1-5H. The predicted octanol–water partition coefficient (Wildman–Crippen LogP) is 5.85. The molecule has 20 heavy (non-hydrogen) atoms. The van der Waals surface area contributed by atoms with Crippen LogP contribution >= 0.6 is 34.8 Å². The average molecular weight is 343 g/mol. The van der Waals surface area contributed by atoms with Crippen molar-refractivity contribution in [2.24, 2.45) is 0 Å². The van der Waals surface area contributed by atoms with E-state index in [4.69, 9.17) is 39.5 Å². The highest BCUT2D eigenvalue weighted by molar-refractivity contribution is 6.35. The van der Waals surface area contributed by atoms with E-state index in [9.17, 15) is 13.2 Å². The minimum Gasteiger partial charge on any atom is -0.437 e. The molecule has 2 nitrogen and oxygen atoms in total. The van der Waals surface area contributed by atoms with Crippen molar-refractivity contribution in [2.45, 2.75) is 6.18 Å². The Balaban J connectivity index is 2.36. The molecule has 0 bridgehead atoms. The van der Waals surface area contributed by atoms with E-state index in [2.05, 4.69) is 4.98 Å². The summed E-state index contributed by atoms with van der Waals surface area (Å²) in [7, 11) is 0. The van der Waals surface area contributed by atoms with Gasteiger partial charge in [0.2, 0.25) is 5.88 Å². The Labute approximate surface area is 127 Å². The van der Waals surface area contributed by atoms with Crippen molar-refractivity contribution >= 4 is 34.8 Å². The maximum Gasteiger partial charge on any atom is 0.416 e. The van der Waals surface area contributed by atoms with Crippen LogP contribution in [0.25, 0.3) is 0 Å². The molecule has 1 aromatic carbocycles. The molecule has 0 radical (unpaired) electrons. The lowest BCUT2D eigenvalue weighted by Gasteiger charge is -2.11. The molecule has 0 unspecified atom stereocenters. The normalized spacial score (nSPS) is 11.5. The summed E-state index contributed by atoms with van der Waals surface area (Å²) in [6.45, 7) is 0. The predicted molar refractivity (Wildman–Crippen MR) is 70.8 cm³/mol. The number of hydrogen-bond donors (Lipinski definition) is 0. The van der Waals surface area contributed by atoms with Crippen LogP contribution in [0.2, 0.25) is 15.2 Å². The number of alkyl halides is 3. The van der Waals surface area contributed by atoms with E-state index in [-0.39, 0.29) is 21.8 Å². The van der Waals surface area contributed by atoms with Crippen LogP contribution < -0.4 is 4.74 Å². The molecule has 1 aromatic heterocycles. The highest BCUT2D eigenvalue weighted by atomic mass is 35.5. The third kappa shape index (κ3) is 3.69. The molecule has 0 saturated carbocycles. The number of rotatable bonds is 2. The second-order valence-electron chi connectivity index (χ2n) is 3.69. The smallest absolute Gasteiger partial charge is 0.416 e. The van der Waals surface area contributed by atoms with Gasteiger partial charge in [0.05, 0.1) is 10.6 Å². The van der Waals surface area contributed by atoms with Crippen molar-refractivity contribution in [1.29, 1.82) is 0 Å². The quantitative estimate of drug-likeness (QED) is 0.638. The van der Waals surface area contributed by atoms with Gasteiger partial charge >= 0.3 is 6.18 Å². The molecule has 0 atom stereocenters. The SMILES string of the molecule is FC(F)(F)c1cc(Cl)nc(Oc2ccc(Cl)cc2Cl)c1. The number of aromatic nitrogens is 1. The first-order valence-electron chi connectivity index (χ1n) is 5.13. The Morgan fingerprint density at radius 2 is 1.70 bits per heavy atom. The van der Waals surface area contributed by atoms with Crippen LogP contribution in [0.5, 0.6) is 11.6 Å². The van der Waals surface area contributed by atoms with Crippen LogP contribution in [-0.2, 0) is 6.18 Å². The molecule has 2 aromatic rings. The van der Waals surface area contributed by atoms with Gasteiger partial charge in [-0.15, -0.1) is 0 Å². The number of ether oxygens (including phenoxy) is 1. The summed E-state index contributed by atoms with van der Waals surface area (Å²) in [5.74, 6) is -0.187. The van der Waals surface area contributed by atoms with Crippen LogP contribution in [0.4, 0.5) is 13.2 Å². The molecule has 0 amide bonds. The molecule has 2 rings (SSSR count). The Hall–Kier alpha value is -1.17. The first-order valence-corrected chi connectivity index (χ1v) is 6.27. The lowest BCUT2D eigenvalue weighted by molar-refractivity contribution is -0.137. The fraction of sp³-hybridized carbons (Fsp3) is 0.0833. The minimum absolute atomic E-state index is 0.124. The first-order chi connectivity index (χ1) is 9.25. The van der Waals surface area contributed by atoms with Gasteiger partial charge in [-0.05, 0) is 24.3 Å². The number of nitrogens with zero attached hydrogens (tertiary/aromatic N) is 1. The van der Waals surface area contributed by atoms with Gasteiger partial charge in [0, 0.05) is 11.1 Å². The third-order valence-electron chi connectivity index (χ3n) is 2.21. The Bertz CT molecular complexity index is 646. The van der Waals surface area contributed by atoms with Crippen LogP contribution in [0.15, 0.2) is 30.3 Å². The maximum absolute atomic E-state index is 12.6. The molecule has 0 aliphatic heterocycles. The summed E-state index contributed by atoms with van der Waals surface area (Å²) in [5, 5.41) is 0.185. The fourth-order valence-corrected chi connectivity index (χ4v) is 2.01. The van der Waals surface area contributed by atoms with E-state index in [0.29, 0.717) is 11.1 Å². The molecule has 0 spiro atoms. The Morgan fingerprint density at radius 1 is 1.00 bits per heavy atom. The monoisotopic (exact) mass is 341 g/mol. The van der Waals surface area contributed by atoms with Crippen molar-refractivity contribution in [1.82, 2.24) is 4.98 Å². The zero-order chi connectivity index (χ0) is 14.9. The number of benzene rings is 1. The molecule has 0 aliphatic carbocycles. The van der Waals surface area contributed by atoms with Crippen LogP contribution in [-0.4, -0.2) is 4.98 Å². The van der Waals surface area contributed by atoms with Gasteiger partial charge in [0.25, 0.3) is 0 Å². The van der Waals surface area contributed by atoms with Gasteiger partial charge in [0.1, 0.15) is 10.9 Å². The summed E-state index contributed by atoms with van der Waals surface area (Å²) in [5.41, 5.74) is -0.961. The van der Waals surface area contributed by atoms with Crippen molar-refractivity contribution in [2.75, 3.05) is 0 Å². The molecule has 1 heterocycles. The minimum atomic E-state index is -4.55. The summed E-state index contributed by atoms with van der Waals surface area (Å²) < 4.78 is 43.1. The van der Waals surface area contributed by atoms with Crippen molar-refractivity contribution < 1.29 is 17.9 Å². The van der Waals surface area contributed by atoms with Gasteiger partial charge in [-0.25, -0.2) is 4.98 Å². The number of pyridine rings is 1.